The molecule has 0 saturated carbocycles. The molecule has 9 heteroatoms. The number of hydrogen-bond donors (Lipinski definition) is 3. The molecule has 0 aromatic heterocycles. The van der Waals surface area contributed by atoms with E-state index in [-0.39, 0.29) is 13.2 Å². The fraction of sp³-hybridized carbons (Fsp3) is 0.727. The largest absolute Gasteiger partial charge is 0.388 e. The second-order valence-corrected chi connectivity index (χ2v) is 4.29. The summed E-state index contributed by atoms with van der Waals surface area (Å²) in [5.74, 6) is -0.398. The van der Waals surface area contributed by atoms with Crippen molar-refractivity contribution in [2.75, 3.05) is 13.2 Å². The van der Waals surface area contributed by atoms with Gasteiger partial charge in [0.1, 0.15) is 18.2 Å². The molecule has 1 aliphatic heterocycles. The van der Waals surface area contributed by atoms with Crippen LogP contribution in [0.2, 0.25) is 0 Å². The van der Waals surface area contributed by atoms with E-state index < -0.39 is 36.6 Å². The van der Waals surface area contributed by atoms with Gasteiger partial charge in [-0.25, -0.2) is 0 Å². The lowest BCUT2D eigenvalue weighted by atomic mass is 9.96. The van der Waals surface area contributed by atoms with E-state index >= 15 is 0 Å². The average Bonchev–Trinajstić information content (AvgIpc) is 2.41. The first-order valence-electron chi connectivity index (χ1n) is 6.03. The van der Waals surface area contributed by atoms with Crippen LogP contribution in [-0.4, -0.2) is 59.9 Å². The van der Waals surface area contributed by atoms with Crippen molar-refractivity contribution in [2.24, 2.45) is 5.11 Å². The van der Waals surface area contributed by atoms with E-state index in [2.05, 4.69) is 21.9 Å². The highest BCUT2D eigenvalue weighted by molar-refractivity contribution is 5.73. The van der Waals surface area contributed by atoms with Crippen LogP contribution in [0.1, 0.15) is 6.92 Å². The van der Waals surface area contributed by atoms with Gasteiger partial charge in [0.2, 0.25) is 5.91 Å². The molecule has 0 unspecified atom stereocenters. The molecule has 5 atom stereocenters. The summed E-state index contributed by atoms with van der Waals surface area (Å²) >= 11 is 0. The minimum Gasteiger partial charge on any atom is -0.388 e. The van der Waals surface area contributed by atoms with Crippen molar-refractivity contribution in [3.63, 3.8) is 0 Å². The zero-order valence-corrected chi connectivity index (χ0v) is 11.0. The Kier molecular flexibility index (Phi) is 6.43. The molecular weight excluding hydrogens is 268 g/mol. The molecule has 1 fully saturated rings. The van der Waals surface area contributed by atoms with Crippen molar-refractivity contribution >= 4 is 5.91 Å². The van der Waals surface area contributed by atoms with Crippen molar-refractivity contribution in [1.82, 2.24) is 5.32 Å². The van der Waals surface area contributed by atoms with Crippen LogP contribution in [0.5, 0.6) is 0 Å². The van der Waals surface area contributed by atoms with Gasteiger partial charge < -0.3 is 25.0 Å². The van der Waals surface area contributed by atoms with Gasteiger partial charge in [-0.15, -0.1) is 6.58 Å². The first kappa shape index (κ1) is 16.4. The van der Waals surface area contributed by atoms with Crippen LogP contribution in [-0.2, 0) is 14.3 Å². The van der Waals surface area contributed by atoms with Gasteiger partial charge in [-0.2, -0.15) is 0 Å². The monoisotopic (exact) mass is 286 g/mol. The third kappa shape index (κ3) is 4.19. The molecule has 0 radical (unpaired) electrons. The number of amides is 1. The number of hydrogen-bond acceptors (Lipinski definition) is 6. The van der Waals surface area contributed by atoms with Crippen molar-refractivity contribution in [3.8, 4) is 0 Å². The van der Waals surface area contributed by atoms with Crippen LogP contribution in [0, 0.1) is 0 Å². The second-order valence-electron chi connectivity index (χ2n) is 4.29. The van der Waals surface area contributed by atoms with E-state index in [0.29, 0.717) is 0 Å². The number of aliphatic hydroxyl groups is 2. The minimum absolute atomic E-state index is 0.137. The summed E-state index contributed by atoms with van der Waals surface area (Å²) in [4.78, 5) is 13.7. The highest BCUT2D eigenvalue weighted by Gasteiger charge is 2.45. The first-order chi connectivity index (χ1) is 9.51. The summed E-state index contributed by atoms with van der Waals surface area (Å²) in [5.41, 5.74) is 8.28. The Labute approximate surface area is 115 Å². The van der Waals surface area contributed by atoms with Crippen molar-refractivity contribution < 1.29 is 24.5 Å². The standard InChI is InChI=1S/C11H18N4O5/c1-3-4-19-11-8(14-6(2)16)10(18)9(17)7(20-11)5-13-15-12/h3,7-11,17-18H,1,4-5H2,2H3,(H,14,16)/t7-,8-,9+,10-,11+/m1/s1. The number of carbonyl (C=O) groups is 1. The highest BCUT2D eigenvalue weighted by atomic mass is 16.7. The van der Waals surface area contributed by atoms with Gasteiger partial charge in [-0.05, 0) is 5.53 Å². The van der Waals surface area contributed by atoms with Gasteiger partial charge in [0.15, 0.2) is 6.29 Å². The van der Waals surface area contributed by atoms with E-state index in [1.165, 1.54) is 13.0 Å². The maximum atomic E-state index is 11.1. The molecule has 1 amide bonds. The number of nitrogens with zero attached hydrogens (tertiary/aromatic N) is 3. The summed E-state index contributed by atoms with van der Waals surface area (Å²) < 4.78 is 10.7. The van der Waals surface area contributed by atoms with Gasteiger partial charge in [0.05, 0.1) is 19.3 Å². The zero-order chi connectivity index (χ0) is 15.1. The third-order valence-corrected chi connectivity index (χ3v) is 2.77. The molecule has 0 bridgehead atoms. The molecule has 112 valence electrons. The Morgan fingerprint density at radius 3 is 2.85 bits per heavy atom. The normalized spacial score (nSPS) is 33.0. The summed E-state index contributed by atoms with van der Waals surface area (Å²) in [6, 6.07) is -0.926. The number of nitrogens with one attached hydrogen (secondary N) is 1. The van der Waals surface area contributed by atoms with E-state index in [0.717, 1.165) is 0 Å². The Morgan fingerprint density at radius 1 is 1.60 bits per heavy atom. The number of azide groups is 1. The lowest BCUT2D eigenvalue weighted by Crippen LogP contribution is -2.64. The lowest BCUT2D eigenvalue weighted by Gasteiger charge is -2.42. The maximum Gasteiger partial charge on any atom is 0.217 e. The first-order valence-corrected chi connectivity index (χ1v) is 6.03. The SMILES string of the molecule is C=CCO[C@H]1O[C@H](CN=[N+]=[N-])[C@H](O)[C@H](O)[C@H]1NC(C)=O. The van der Waals surface area contributed by atoms with Gasteiger partial charge in [0.25, 0.3) is 0 Å². The zero-order valence-electron chi connectivity index (χ0n) is 11.0. The summed E-state index contributed by atoms with van der Waals surface area (Å²) in [5, 5.41) is 25.7. The molecule has 1 rings (SSSR count). The smallest absolute Gasteiger partial charge is 0.217 e. The molecular formula is C11H18N4O5. The number of carbonyl (C=O) groups excluding carboxylic acids is 1. The molecule has 0 aromatic carbocycles. The van der Waals surface area contributed by atoms with E-state index in [1.54, 1.807) is 0 Å². The van der Waals surface area contributed by atoms with Gasteiger partial charge in [-0.1, -0.05) is 11.2 Å². The molecule has 1 heterocycles. The number of rotatable bonds is 6. The predicted molar refractivity (Wildman–Crippen MR) is 68.4 cm³/mol. The predicted octanol–water partition coefficient (Wildman–Crippen LogP) is -0.549. The van der Waals surface area contributed by atoms with Crippen LogP contribution in [0.25, 0.3) is 10.4 Å². The van der Waals surface area contributed by atoms with E-state index in [9.17, 15) is 15.0 Å². The fourth-order valence-corrected chi connectivity index (χ4v) is 1.89. The maximum absolute atomic E-state index is 11.1. The molecule has 20 heavy (non-hydrogen) atoms. The molecule has 9 nitrogen and oxygen atoms in total. The van der Waals surface area contributed by atoms with E-state index in [1.807, 2.05) is 0 Å². The molecule has 1 aliphatic rings. The van der Waals surface area contributed by atoms with Gasteiger partial charge in [0, 0.05) is 11.8 Å². The van der Waals surface area contributed by atoms with Crippen molar-refractivity contribution in [3.05, 3.63) is 23.1 Å². The Bertz CT molecular complexity index is 398. The highest BCUT2D eigenvalue weighted by Crippen LogP contribution is 2.22. The quantitative estimate of drug-likeness (QED) is 0.260. The van der Waals surface area contributed by atoms with Crippen molar-refractivity contribution in [1.29, 1.82) is 0 Å². The number of aliphatic hydroxyl groups excluding tert-OH is 2. The Balaban J connectivity index is 2.84. The van der Waals surface area contributed by atoms with Crippen LogP contribution in [0.3, 0.4) is 0 Å². The Morgan fingerprint density at radius 2 is 2.30 bits per heavy atom. The number of ether oxygens (including phenoxy) is 2. The van der Waals surface area contributed by atoms with Crippen LogP contribution < -0.4 is 5.32 Å². The van der Waals surface area contributed by atoms with Crippen LogP contribution >= 0.6 is 0 Å². The average molecular weight is 286 g/mol. The second kappa shape index (κ2) is 7.83. The van der Waals surface area contributed by atoms with Gasteiger partial charge >= 0.3 is 0 Å². The molecule has 0 spiro atoms. The summed E-state index contributed by atoms with van der Waals surface area (Å²) in [7, 11) is 0. The topological polar surface area (TPSA) is 137 Å². The van der Waals surface area contributed by atoms with E-state index in [4.69, 9.17) is 15.0 Å². The van der Waals surface area contributed by atoms with Crippen molar-refractivity contribution in [2.45, 2.75) is 37.6 Å². The van der Waals surface area contributed by atoms with Gasteiger partial charge in [-0.3, -0.25) is 4.79 Å². The third-order valence-electron chi connectivity index (χ3n) is 2.77. The molecule has 0 aromatic rings. The summed E-state index contributed by atoms with van der Waals surface area (Å²) in [6.07, 6.45) is -3.02. The fourth-order valence-electron chi connectivity index (χ4n) is 1.89. The van der Waals surface area contributed by atoms with Crippen LogP contribution in [0.4, 0.5) is 0 Å². The molecule has 3 N–H and O–H groups in total. The molecule has 0 aliphatic carbocycles. The van der Waals surface area contributed by atoms with Crippen LogP contribution in [0.15, 0.2) is 17.8 Å². The molecule has 1 saturated heterocycles. The minimum atomic E-state index is -1.30. The Hall–Kier alpha value is -1.64. The summed E-state index contributed by atoms with van der Waals surface area (Å²) in [6.45, 7) is 4.74. The lowest BCUT2D eigenvalue weighted by molar-refractivity contribution is -0.258.